The number of fused-ring (bicyclic) bond motifs is 1. The molecule has 2 aliphatic rings. The van der Waals surface area contributed by atoms with Crippen LogP contribution in [0, 0.1) is 18.3 Å². The minimum absolute atomic E-state index is 0.0697. The molecule has 1 aromatic carbocycles. The van der Waals surface area contributed by atoms with Gasteiger partial charge in [-0.15, -0.1) is 0 Å². The number of carbonyl (C=O) groups excluding carboxylic acids is 2. The van der Waals surface area contributed by atoms with E-state index in [1.807, 2.05) is 0 Å². The number of aromatic nitrogens is 2. The third-order valence-electron chi connectivity index (χ3n) is 7.38. The van der Waals surface area contributed by atoms with Gasteiger partial charge >= 0.3 is 0 Å². The summed E-state index contributed by atoms with van der Waals surface area (Å²) in [5.74, 6) is -0.962. The normalized spacial score (nSPS) is 20.7. The lowest BCUT2D eigenvalue weighted by atomic mass is 9.81. The van der Waals surface area contributed by atoms with Crippen molar-refractivity contribution in [3.8, 4) is 11.9 Å². The highest BCUT2D eigenvalue weighted by atomic mass is 32.2. The number of nitriles is 1. The third-order valence-corrected chi connectivity index (χ3v) is 8.99. The number of carbonyl (C=O) groups is 2. The quantitative estimate of drug-likeness (QED) is 0.444. The number of methoxy groups -OCH3 is 1. The second kappa shape index (κ2) is 10.0. The number of likely N-dealkylation sites (N-methyl/N-ethyl adjacent to an activating group) is 1. The molecule has 3 aromatic rings. The summed E-state index contributed by atoms with van der Waals surface area (Å²) >= 11 is 0. The van der Waals surface area contributed by atoms with Crippen molar-refractivity contribution in [1.29, 1.82) is 5.26 Å². The lowest BCUT2D eigenvalue weighted by Crippen LogP contribution is -2.59. The van der Waals surface area contributed by atoms with Crippen LogP contribution in [0.2, 0.25) is 0 Å². The number of aryl methyl sites for hydroxylation is 1. The minimum atomic E-state index is -4.51. The summed E-state index contributed by atoms with van der Waals surface area (Å²) < 4.78 is 34.6. The van der Waals surface area contributed by atoms with Gasteiger partial charge in [0.2, 0.25) is 11.8 Å². The zero-order chi connectivity index (χ0) is 28.8. The van der Waals surface area contributed by atoms with Crippen LogP contribution in [0.5, 0.6) is 5.88 Å². The van der Waals surface area contributed by atoms with Gasteiger partial charge in [-0.05, 0) is 61.7 Å². The Bertz CT molecular complexity index is 1650. The van der Waals surface area contributed by atoms with E-state index in [2.05, 4.69) is 16.0 Å². The molecule has 0 spiro atoms. The van der Waals surface area contributed by atoms with E-state index in [1.165, 1.54) is 48.7 Å². The van der Waals surface area contributed by atoms with Crippen molar-refractivity contribution in [3.63, 3.8) is 0 Å². The molecular weight excluding hydrogens is 532 g/mol. The molecule has 1 saturated heterocycles. The Morgan fingerprint density at radius 2 is 1.95 bits per heavy atom. The molecule has 2 aliphatic heterocycles. The minimum Gasteiger partial charge on any atom is -0.481 e. The molecule has 1 fully saturated rings. The maximum absolute atomic E-state index is 15.0. The van der Waals surface area contributed by atoms with Crippen LogP contribution in [0.3, 0.4) is 0 Å². The van der Waals surface area contributed by atoms with E-state index in [-0.39, 0.29) is 39.2 Å². The van der Waals surface area contributed by atoms with E-state index in [9.17, 15) is 23.3 Å². The monoisotopic (exact) mass is 560 g/mol. The number of anilines is 1. The Labute approximate surface area is 232 Å². The van der Waals surface area contributed by atoms with Crippen LogP contribution < -0.4 is 9.04 Å². The molecule has 12 heteroatoms. The van der Waals surface area contributed by atoms with E-state index in [4.69, 9.17) is 4.74 Å². The number of amides is 2. The molecule has 0 radical (unpaired) electrons. The predicted octanol–water partition coefficient (Wildman–Crippen LogP) is 2.20. The molecule has 1 unspecified atom stereocenters. The van der Waals surface area contributed by atoms with Gasteiger partial charge in [0.25, 0.3) is 15.9 Å². The average molecular weight is 561 g/mol. The standard InChI is InChI=1S/C28H28N6O5S/c1-18-9-12-24(31-17-18)40(37,38)34-22-11-10-19(16-29)15-21(22)28(27(34)36,20-7-5-13-30-25(20)39-4)33-14-6-8-23(33)26(35)32(2)3/h5,7,9-13,15,17,23H,6,8,14H2,1-4H3/t23?,28-/m1/s1. The number of nitrogens with zero attached hydrogens (tertiary/aromatic N) is 6. The molecule has 2 amide bonds. The second-order valence-corrected chi connectivity index (χ2v) is 11.7. The third kappa shape index (κ3) is 3.92. The summed E-state index contributed by atoms with van der Waals surface area (Å²) in [4.78, 5) is 40.0. The van der Waals surface area contributed by atoms with Crippen LogP contribution in [0.15, 0.2) is 59.9 Å². The fraction of sp³-hybridized carbons (Fsp3) is 0.321. The van der Waals surface area contributed by atoms with Crippen molar-refractivity contribution in [2.75, 3.05) is 32.1 Å². The highest BCUT2D eigenvalue weighted by molar-refractivity contribution is 7.93. The van der Waals surface area contributed by atoms with E-state index in [1.54, 1.807) is 44.1 Å². The number of hydrogen-bond donors (Lipinski definition) is 0. The molecule has 2 atom stereocenters. The Hall–Kier alpha value is -4.34. The van der Waals surface area contributed by atoms with Gasteiger partial charge < -0.3 is 9.64 Å². The Kier molecular flexibility index (Phi) is 6.81. The van der Waals surface area contributed by atoms with Crippen LogP contribution in [0.25, 0.3) is 0 Å². The first-order valence-corrected chi connectivity index (χ1v) is 14.1. The van der Waals surface area contributed by atoms with Crippen LogP contribution in [-0.2, 0) is 25.2 Å². The first kappa shape index (κ1) is 27.2. The van der Waals surface area contributed by atoms with Crippen molar-refractivity contribution in [2.24, 2.45) is 0 Å². The molecule has 40 heavy (non-hydrogen) atoms. The molecule has 4 heterocycles. The van der Waals surface area contributed by atoms with Crippen LogP contribution in [-0.4, -0.2) is 73.8 Å². The zero-order valence-electron chi connectivity index (χ0n) is 22.5. The molecule has 206 valence electrons. The largest absolute Gasteiger partial charge is 0.481 e. The van der Waals surface area contributed by atoms with E-state index >= 15 is 0 Å². The number of sulfonamides is 1. The van der Waals surface area contributed by atoms with Gasteiger partial charge in [-0.25, -0.2) is 9.97 Å². The maximum Gasteiger partial charge on any atom is 0.288 e. The SMILES string of the molecule is COc1ncccc1[C@]1(N2CCCC2C(=O)N(C)C)C(=O)N(S(=O)(=O)c2ccc(C)cn2)c2ccc(C#N)cc21. The fourth-order valence-electron chi connectivity index (χ4n) is 5.63. The van der Waals surface area contributed by atoms with Crippen LogP contribution in [0.1, 0.15) is 35.1 Å². The van der Waals surface area contributed by atoms with Crippen LogP contribution >= 0.6 is 0 Å². The lowest BCUT2D eigenvalue weighted by Gasteiger charge is -2.41. The second-order valence-electron chi connectivity index (χ2n) is 9.95. The Morgan fingerprint density at radius 1 is 1.18 bits per heavy atom. The van der Waals surface area contributed by atoms with Crippen LogP contribution in [0.4, 0.5) is 5.69 Å². The summed E-state index contributed by atoms with van der Waals surface area (Å²) in [6.07, 6.45) is 3.95. The zero-order valence-corrected chi connectivity index (χ0v) is 23.3. The van der Waals surface area contributed by atoms with Gasteiger partial charge in [-0.2, -0.15) is 18.0 Å². The van der Waals surface area contributed by atoms with Crippen molar-refractivity contribution in [3.05, 3.63) is 77.1 Å². The molecule has 2 aromatic heterocycles. The summed E-state index contributed by atoms with van der Waals surface area (Å²) in [7, 11) is 0.158. The Morgan fingerprint density at radius 3 is 2.60 bits per heavy atom. The summed E-state index contributed by atoms with van der Waals surface area (Å²) in [5.41, 5.74) is -0.278. The number of pyridine rings is 2. The van der Waals surface area contributed by atoms with Gasteiger partial charge in [-0.1, -0.05) is 6.07 Å². The van der Waals surface area contributed by atoms with Gasteiger partial charge in [0, 0.05) is 44.2 Å². The fourth-order valence-corrected chi connectivity index (χ4v) is 7.01. The van der Waals surface area contributed by atoms with E-state index in [0.717, 1.165) is 9.87 Å². The van der Waals surface area contributed by atoms with Crippen molar-refractivity contribution < 1.29 is 22.7 Å². The van der Waals surface area contributed by atoms with Crippen molar-refractivity contribution in [2.45, 2.75) is 36.4 Å². The summed E-state index contributed by atoms with van der Waals surface area (Å²) in [5, 5.41) is 9.49. The summed E-state index contributed by atoms with van der Waals surface area (Å²) in [6.45, 7) is 2.08. The molecule has 0 saturated carbocycles. The van der Waals surface area contributed by atoms with Gasteiger partial charge in [-0.3, -0.25) is 14.5 Å². The van der Waals surface area contributed by atoms with Crippen molar-refractivity contribution in [1.82, 2.24) is 19.8 Å². The molecular formula is C28H28N6O5S. The molecule has 11 nitrogen and oxygen atoms in total. The van der Waals surface area contributed by atoms with E-state index in [0.29, 0.717) is 19.4 Å². The van der Waals surface area contributed by atoms with Gasteiger partial charge in [0.1, 0.15) is 0 Å². The molecule has 5 rings (SSSR count). The maximum atomic E-state index is 15.0. The summed E-state index contributed by atoms with van der Waals surface area (Å²) in [6, 6.07) is 12.0. The van der Waals surface area contributed by atoms with Gasteiger partial charge in [0.05, 0.1) is 30.5 Å². The lowest BCUT2D eigenvalue weighted by molar-refractivity contribution is -0.138. The number of rotatable bonds is 6. The molecule has 0 N–H and O–H groups in total. The number of benzene rings is 1. The first-order valence-electron chi connectivity index (χ1n) is 12.6. The molecule has 0 aliphatic carbocycles. The molecule has 0 bridgehead atoms. The van der Waals surface area contributed by atoms with Crippen molar-refractivity contribution >= 4 is 27.5 Å². The number of likely N-dealkylation sites (tertiary alicyclic amines) is 1. The van der Waals surface area contributed by atoms with E-state index < -0.39 is 27.5 Å². The first-order chi connectivity index (χ1) is 19.1. The smallest absolute Gasteiger partial charge is 0.288 e. The number of ether oxygens (including phenoxy) is 1. The highest BCUT2D eigenvalue weighted by Gasteiger charge is 2.63. The average Bonchev–Trinajstić information content (AvgIpc) is 3.53. The number of hydrogen-bond acceptors (Lipinski definition) is 9. The predicted molar refractivity (Wildman–Crippen MR) is 145 cm³/mol. The topological polar surface area (TPSA) is 137 Å². The Balaban J connectivity index is 1.87. The van der Waals surface area contributed by atoms with Gasteiger partial charge in [0.15, 0.2) is 10.6 Å². The highest BCUT2D eigenvalue weighted by Crippen LogP contribution is 2.54.